The van der Waals surface area contributed by atoms with Gasteiger partial charge in [0.15, 0.2) is 5.69 Å². The number of nitrogens with zero attached hydrogens (tertiary/aromatic N) is 9. The number of anilines is 8. The van der Waals surface area contributed by atoms with Crippen LogP contribution in [0.5, 0.6) is 0 Å². The van der Waals surface area contributed by atoms with Crippen LogP contribution in [0.2, 0.25) is 15.1 Å². The molecule has 0 bridgehead atoms. The summed E-state index contributed by atoms with van der Waals surface area (Å²) in [5.41, 5.74) is 4.11. The fourth-order valence-electron chi connectivity index (χ4n) is 9.68. The topological polar surface area (TPSA) is 315 Å². The lowest BCUT2D eigenvalue weighted by atomic mass is 10.1. The monoisotopic (exact) mass is 1340 g/mol. The Balaban J connectivity index is 0.000000157. The minimum atomic E-state index is -0.519. The van der Waals surface area contributed by atoms with Gasteiger partial charge in [0.05, 0.1) is 37.6 Å². The van der Waals surface area contributed by atoms with Gasteiger partial charge in [-0.05, 0) is 171 Å². The predicted molar refractivity (Wildman–Crippen MR) is 366 cm³/mol. The van der Waals surface area contributed by atoms with Crippen LogP contribution in [0.3, 0.4) is 0 Å². The highest BCUT2D eigenvalue weighted by atomic mass is 35.5. The van der Waals surface area contributed by atoms with Gasteiger partial charge in [-0.3, -0.25) is 52.7 Å². The van der Waals surface area contributed by atoms with Gasteiger partial charge < -0.3 is 41.7 Å². The Labute approximate surface area is 563 Å². The van der Waals surface area contributed by atoms with Gasteiger partial charge in [-0.15, -0.1) is 0 Å². The van der Waals surface area contributed by atoms with E-state index in [1.807, 2.05) is 0 Å². The summed E-state index contributed by atoms with van der Waals surface area (Å²) in [7, 11) is 0. The van der Waals surface area contributed by atoms with E-state index in [1.54, 1.807) is 168 Å². The highest BCUT2D eigenvalue weighted by molar-refractivity contribution is 6.31. The predicted octanol–water partition coefficient (Wildman–Crippen LogP) is 12.1. The first kappa shape index (κ1) is 67.0. The lowest BCUT2D eigenvalue weighted by Gasteiger charge is -2.26. The summed E-state index contributed by atoms with van der Waals surface area (Å²) in [5.74, 6) is -1.47. The van der Waals surface area contributed by atoms with Gasteiger partial charge in [-0.2, -0.15) is 0 Å². The molecule has 6 N–H and O–H groups in total. The van der Waals surface area contributed by atoms with Crippen molar-refractivity contribution in [2.45, 2.75) is 38.5 Å². The molecule has 10 aromatic rings. The van der Waals surface area contributed by atoms with Gasteiger partial charge in [0.1, 0.15) is 23.3 Å². The van der Waals surface area contributed by atoms with Crippen LogP contribution in [-0.4, -0.2) is 94.8 Å². The van der Waals surface area contributed by atoms with Crippen LogP contribution in [0.4, 0.5) is 46.0 Å². The van der Waals surface area contributed by atoms with Crippen molar-refractivity contribution in [3.63, 3.8) is 0 Å². The number of piperidine rings is 2. The summed E-state index contributed by atoms with van der Waals surface area (Å²) in [4.78, 5) is 140. The Kier molecular flexibility index (Phi) is 22.4. The first-order chi connectivity index (χ1) is 46.5. The van der Waals surface area contributed by atoms with E-state index in [2.05, 4.69) is 61.8 Å². The molecule has 0 unspecified atom stereocenters. The molecule has 2 aliphatic rings. The Morgan fingerprint density at radius 3 is 1.34 bits per heavy atom. The van der Waals surface area contributed by atoms with Crippen molar-refractivity contribution in [2.24, 2.45) is 0 Å². The van der Waals surface area contributed by atoms with Crippen molar-refractivity contribution in [1.82, 2.24) is 34.5 Å². The van der Waals surface area contributed by atoms with Crippen molar-refractivity contribution in [2.75, 3.05) is 54.8 Å². The smallest absolute Gasteiger partial charge is 0.277 e. The van der Waals surface area contributed by atoms with Crippen LogP contribution in [0.25, 0.3) is 5.69 Å². The Hall–Kier alpha value is -11.9. The van der Waals surface area contributed by atoms with Crippen molar-refractivity contribution in [1.29, 1.82) is 0 Å². The molecule has 0 aliphatic carbocycles. The standard InChI is InChI=1S/C23H20ClN5O3.C23H16ClN5O3.C23H20ClN5O3/c24-16-8-11-19(26-14-16)28-23(32)21-18(4-3-12-25-21)27-22(31)15-6-9-17(10-7-15)29-13-2-1-5-20(29)30;24-16-8-11-19(26-14-16)27-23(32)18-4-3-12-25-21(18)28-22(31)15-6-9-17(10-7-15)29-13-2-1-5-20(29)30;24-16-6-9-20(26-13-16)28-23(32)18-14-25-11-10-19(18)27-22(31)15-4-7-17(8-5-15)29-12-2-1-3-21(29)30/h3-4,6-12,14H,1-2,5,13H2,(H,27,31)(H,26,28,32);1-14H,(H,25,28,31)(H,26,27,32);4-11,13-14H,1-3,12H2,(H,25,27,31)(H,26,28,32). The number of carbonyl (C=O) groups is 8. The molecule has 2 aliphatic heterocycles. The third-order valence-corrected chi connectivity index (χ3v) is 15.2. The second kappa shape index (κ2) is 32.1. The molecule has 8 amide bonds. The summed E-state index contributed by atoms with van der Waals surface area (Å²) in [6.07, 6.45) is 16.5. The van der Waals surface area contributed by atoms with E-state index in [1.165, 1.54) is 54.0 Å². The fourth-order valence-corrected chi connectivity index (χ4v) is 10.0. The second-order valence-electron chi connectivity index (χ2n) is 21.1. The Morgan fingerprint density at radius 1 is 0.375 bits per heavy atom. The maximum atomic E-state index is 12.8. The van der Waals surface area contributed by atoms with Gasteiger partial charge in [-0.25, -0.2) is 24.9 Å². The molecule has 0 spiro atoms. The van der Waals surface area contributed by atoms with Crippen molar-refractivity contribution in [3.05, 3.63) is 266 Å². The minimum absolute atomic E-state index is 0.0492. The number of amides is 8. The number of pyridine rings is 7. The van der Waals surface area contributed by atoms with Crippen LogP contribution >= 0.6 is 34.8 Å². The maximum Gasteiger partial charge on any atom is 0.277 e. The SMILES string of the molecule is O=C(Nc1cccnc1C(=O)Nc1ccc(Cl)cn1)c1ccc(N2CCCCC2=O)cc1.O=C(Nc1ccncc1C(=O)Nc1ccc(Cl)cn1)c1ccc(N2CCCCC2=O)cc1.O=C(Nc1ncccc1C(=O)Nc1ccc(Cl)cn1)c1ccc(-n2ccccc2=O)cc1. The van der Waals surface area contributed by atoms with Crippen LogP contribution in [0.1, 0.15) is 101 Å². The van der Waals surface area contributed by atoms with Gasteiger partial charge in [-0.1, -0.05) is 40.9 Å². The highest BCUT2D eigenvalue weighted by Crippen LogP contribution is 2.26. The second-order valence-corrected chi connectivity index (χ2v) is 22.4. The third kappa shape index (κ3) is 17.8. The van der Waals surface area contributed by atoms with Gasteiger partial charge in [0.2, 0.25) is 11.8 Å². The van der Waals surface area contributed by atoms with Crippen LogP contribution < -0.4 is 47.3 Å². The summed E-state index contributed by atoms with van der Waals surface area (Å²) in [5, 5.41) is 17.4. The van der Waals surface area contributed by atoms with E-state index in [0.29, 0.717) is 86.5 Å². The van der Waals surface area contributed by atoms with Crippen molar-refractivity contribution in [3.8, 4) is 5.69 Å². The highest BCUT2D eigenvalue weighted by Gasteiger charge is 2.24. The number of aromatic nitrogens is 7. The third-order valence-electron chi connectivity index (χ3n) is 14.5. The van der Waals surface area contributed by atoms with E-state index in [0.717, 1.165) is 37.1 Å². The molecular formula is C69H56Cl3N15O9. The van der Waals surface area contributed by atoms with Gasteiger partial charge in [0.25, 0.3) is 41.0 Å². The van der Waals surface area contributed by atoms with Gasteiger partial charge >= 0.3 is 0 Å². The molecule has 24 nitrogen and oxygen atoms in total. The molecule has 7 aromatic heterocycles. The van der Waals surface area contributed by atoms with E-state index in [9.17, 15) is 43.2 Å². The fraction of sp³-hybridized carbons (Fsp3) is 0.116. The van der Waals surface area contributed by atoms with Crippen molar-refractivity contribution >= 4 is 128 Å². The van der Waals surface area contributed by atoms with E-state index < -0.39 is 29.5 Å². The number of carbonyl (C=O) groups excluding carboxylic acids is 8. The number of benzene rings is 3. The molecule has 96 heavy (non-hydrogen) atoms. The summed E-state index contributed by atoms with van der Waals surface area (Å²) < 4.78 is 1.47. The molecule has 0 radical (unpaired) electrons. The quantitative estimate of drug-likeness (QED) is 0.0556. The molecule has 9 heterocycles. The summed E-state index contributed by atoms with van der Waals surface area (Å²) in [6.45, 7) is 1.36. The first-order valence-corrected chi connectivity index (χ1v) is 30.8. The molecule has 2 saturated heterocycles. The van der Waals surface area contributed by atoms with E-state index in [-0.39, 0.29) is 51.6 Å². The molecular weight excluding hydrogens is 1290 g/mol. The maximum absolute atomic E-state index is 12.8. The number of hydrogen-bond donors (Lipinski definition) is 6. The van der Waals surface area contributed by atoms with E-state index >= 15 is 0 Å². The van der Waals surface area contributed by atoms with Crippen molar-refractivity contribution < 1.29 is 38.4 Å². The van der Waals surface area contributed by atoms with Crippen LogP contribution in [0.15, 0.2) is 212 Å². The molecule has 482 valence electrons. The van der Waals surface area contributed by atoms with Gasteiger partial charge in [0, 0.05) is 115 Å². The zero-order valence-corrected chi connectivity index (χ0v) is 52.9. The van der Waals surface area contributed by atoms with Crippen LogP contribution in [-0.2, 0) is 9.59 Å². The lowest BCUT2D eigenvalue weighted by molar-refractivity contribution is -0.120. The zero-order chi connectivity index (χ0) is 67.5. The summed E-state index contributed by atoms with van der Waals surface area (Å²) in [6, 6.07) is 42.4. The molecule has 2 fully saturated rings. The molecule has 27 heteroatoms. The first-order valence-electron chi connectivity index (χ1n) is 29.7. The molecule has 0 atom stereocenters. The molecule has 3 aromatic carbocycles. The van der Waals surface area contributed by atoms with Crippen LogP contribution in [0, 0.1) is 0 Å². The Bertz CT molecular complexity index is 4360. The number of halogens is 3. The number of rotatable bonds is 15. The minimum Gasteiger partial charge on any atom is -0.321 e. The zero-order valence-electron chi connectivity index (χ0n) is 50.6. The van der Waals surface area contributed by atoms with E-state index in [4.69, 9.17) is 34.8 Å². The Morgan fingerprint density at radius 2 is 0.844 bits per heavy atom. The average Bonchev–Trinajstić information content (AvgIpc) is 0.986. The molecule has 0 saturated carbocycles. The number of nitrogens with one attached hydrogen (secondary N) is 6. The number of hydrogen-bond acceptors (Lipinski definition) is 15. The lowest BCUT2D eigenvalue weighted by Crippen LogP contribution is -2.35. The average molecular weight is 1350 g/mol. The normalized spacial score (nSPS) is 12.5. The largest absolute Gasteiger partial charge is 0.321 e. The molecule has 12 rings (SSSR count). The summed E-state index contributed by atoms with van der Waals surface area (Å²) >= 11 is 17.4.